The SMILES string of the molecule is O=C(NC/C=C/CCl)Nc1ccccc1Cl. The van der Waals surface area contributed by atoms with Crippen LogP contribution in [0.15, 0.2) is 36.4 Å². The van der Waals surface area contributed by atoms with Gasteiger partial charge in [-0.15, -0.1) is 11.6 Å². The molecule has 0 spiro atoms. The van der Waals surface area contributed by atoms with E-state index in [0.717, 1.165) is 0 Å². The zero-order chi connectivity index (χ0) is 11.8. The normalized spacial score (nSPS) is 10.4. The Balaban J connectivity index is 2.40. The van der Waals surface area contributed by atoms with Crippen molar-refractivity contribution in [3.63, 3.8) is 0 Å². The van der Waals surface area contributed by atoms with Crippen LogP contribution in [0.1, 0.15) is 0 Å². The van der Waals surface area contributed by atoms with Crippen LogP contribution < -0.4 is 10.6 Å². The number of alkyl halides is 1. The Kier molecular flexibility index (Phi) is 5.75. The first-order valence-electron chi connectivity index (χ1n) is 4.74. The number of urea groups is 1. The molecule has 1 aromatic carbocycles. The second-order valence-electron chi connectivity index (χ2n) is 2.94. The number of anilines is 1. The van der Waals surface area contributed by atoms with Crippen LogP contribution in [-0.4, -0.2) is 18.5 Å². The van der Waals surface area contributed by atoms with Crippen molar-refractivity contribution in [2.24, 2.45) is 0 Å². The molecule has 0 heterocycles. The van der Waals surface area contributed by atoms with Crippen molar-refractivity contribution in [1.82, 2.24) is 5.32 Å². The number of hydrogen-bond donors (Lipinski definition) is 2. The molecule has 0 saturated carbocycles. The molecule has 3 nitrogen and oxygen atoms in total. The maximum Gasteiger partial charge on any atom is 0.319 e. The lowest BCUT2D eigenvalue weighted by atomic mass is 10.3. The molecule has 0 fully saturated rings. The molecule has 0 unspecified atom stereocenters. The molecule has 0 saturated heterocycles. The number of nitrogens with one attached hydrogen (secondary N) is 2. The van der Waals surface area contributed by atoms with E-state index >= 15 is 0 Å². The summed E-state index contributed by atoms with van der Waals surface area (Å²) in [5.74, 6) is 0.438. The molecular formula is C11H12Cl2N2O. The third kappa shape index (κ3) is 4.55. The molecule has 1 rings (SSSR count). The Morgan fingerprint density at radius 2 is 2.06 bits per heavy atom. The minimum Gasteiger partial charge on any atom is -0.334 e. The molecule has 2 amide bonds. The van der Waals surface area contributed by atoms with E-state index in [0.29, 0.717) is 23.1 Å². The van der Waals surface area contributed by atoms with E-state index < -0.39 is 0 Å². The molecule has 16 heavy (non-hydrogen) atoms. The highest BCUT2D eigenvalue weighted by Gasteiger charge is 2.02. The van der Waals surface area contributed by atoms with Crippen molar-refractivity contribution in [3.05, 3.63) is 41.4 Å². The molecule has 0 aromatic heterocycles. The van der Waals surface area contributed by atoms with Crippen LogP contribution in [0.3, 0.4) is 0 Å². The first-order valence-corrected chi connectivity index (χ1v) is 5.65. The minimum atomic E-state index is -0.299. The van der Waals surface area contributed by atoms with Gasteiger partial charge in [-0.1, -0.05) is 35.9 Å². The van der Waals surface area contributed by atoms with Crippen LogP contribution in [0.5, 0.6) is 0 Å². The number of amides is 2. The molecule has 5 heteroatoms. The van der Waals surface area contributed by atoms with E-state index in [9.17, 15) is 4.79 Å². The summed E-state index contributed by atoms with van der Waals surface area (Å²) in [7, 11) is 0. The fraction of sp³-hybridized carbons (Fsp3) is 0.182. The maximum atomic E-state index is 11.4. The van der Waals surface area contributed by atoms with Gasteiger partial charge >= 0.3 is 6.03 Å². The zero-order valence-corrected chi connectivity index (χ0v) is 10.1. The van der Waals surface area contributed by atoms with E-state index in [1.54, 1.807) is 36.4 Å². The lowest BCUT2D eigenvalue weighted by Gasteiger charge is -2.06. The predicted molar refractivity (Wildman–Crippen MR) is 68.3 cm³/mol. The summed E-state index contributed by atoms with van der Waals surface area (Å²) < 4.78 is 0. The highest BCUT2D eigenvalue weighted by Crippen LogP contribution is 2.19. The van der Waals surface area contributed by atoms with Crippen molar-refractivity contribution in [1.29, 1.82) is 0 Å². The highest BCUT2D eigenvalue weighted by molar-refractivity contribution is 6.33. The van der Waals surface area contributed by atoms with Gasteiger partial charge in [0.1, 0.15) is 0 Å². The topological polar surface area (TPSA) is 41.1 Å². The molecule has 2 N–H and O–H groups in total. The largest absolute Gasteiger partial charge is 0.334 e. The smallest absolute Gasteiger partial charge is 0.319 e. The van der Waals surface area contributed by atoms with Gasteiger partial charge in [-0.3, -0.25) is 0 Å². The van der Waals surface area contributed by atoms with Gasteiger partial charge in [0.05, 0.1) is 10.7 Å². The summed E-state index contributed by atoms with van der Waals surface area (Å²) in [5.41, 5.74) is 0.586. The summed E-state index contributed by atoms with van der Waals surface area (Å²) in [6.07, 6.45) is 3.54. The van der Waals surface area contributed by atoms with E-state index in [1.165, 1.54) is 0 Å². The van der Waals surface area contributed by atoms with Crippen LogP contribution in [0.25, 0.3) is 0 Å². The number of allylic oxidation sites excluding steroid dienone is 1. The third-order valence-corrected chi connectivity index (χ3v) is 2.27. The van der Waals surface area contributed by atoms with Gasteiger partial charge in [0.25, 0.3) is 0 Å². The quantitative estimate of drug-likeness (QED) is 0.632. The minimum absolute atomic E-state index is 0.299. The fourth-order valence-corrected chi connectivity index (χ4v) is 1.34. The Morgan fingerprint density at radius 1 is 1.31 bits per heavy atom. The van der Waals surface area contributed by atoms with Gasteiger partial charge in [0.2, 0.25) is 0 Å². The highest BCUT2D eigenvalue weighted by atomic mass is 35.5. The van der Waals surface area contributed by atoms with Gasteiger partial charge in [-0.25, -0.2) is 4.79 Å². The van der Waals surface area contributed by atoms with Crippen LogP contribution in [0, 0.1) is 0 Å². The molecule has 0 aliphatic heterocycles. The molecule has 0 atom stereocenters. The monoisotopic (exact) mass is 258 g/mol. The van der Waals surface area contributed by atoms with Crippen molar-refractivity contribution >= 4 is 34.9 Å². The Labute approximate surface area is 104 Å². The van der Waals surface area contributed by atoms with E-state index in [1.807, 2.05) is 0 Å². The number of hydrogen-bond acceptors (Lipinski definition) is 1. The van der Waals surface area contributed by atoms with Gasteiger partial charge in [-0.2, -0.15) is 0 Å². The summed E-state index contributed by atoms with van der Waals surface area (Å²) in [4.78, 5) is 11.4. The molecule has 0 radical (unpaired) electrons. The first-order chi connectivity index (χ1) is 7.74. The lowest BCUT2D eigenvalue weighted by Crippen LogP contribution is -2.28. The maximum absolute atomic E-state index is 11.4. The number of benzene rings is 1. The van der Waals surface area contributed by atoms with E-state index in [-0.39, 0.29) is 6.03 Å². The van der Waals surface area contributed by atoms with Crippen LogP contribution >= 0.6 is 23.2 Å². The molecule has 0 aliphatic rings. The van der Waals surface area contributed by atoms with Gasteiger partial charge in [-0.05, 0) is 12.1 Å². The fourth-order valence-electron chi connectivity index (χ4n) is 1.03. The van der Waals surface area contributed by atoms with Gasteiger partial charge in [0, 0.05) is 12.4 Å². The summed E-state index contributed by atoms with van der Waals surface area (Å²) in [6, 6.07) is 6.75. The van der Waals surface area contributed by atoms with E-state index in [4.69, 9.17) is 23.2 Å². The Hall–Kier alpha value is -1.19. The van der Waals surface area contributed by atoms with Crippen LogP contribution in [0.4, 0.5) is 10.5 Å². The summed E-state index contributed by atoms with van der Waals surface area (Å²) in [6.45, 7) is 0.434. The third-order valence-electron chi connectivity index (χ3n) is 1.76. The number of halogens is 2. The van der Waals surface area contributed by atoms with Crippen molar-refractivity contribution in [3.8, 4) is 0 Å². The standard InChI is InChI=1S/C11H12Cl2N2O/c12-7-3-4-8-14-11(16)15-10-6-2-1-5-9(10)13/h1-6H,7-8H2,(H2,14,15,16)/b4-3+. The average Bonchev–Trinajstić information content (AvgIpc) is 2.28. The molecule has 1 aromatic rings. The average molecular weight is 259 g/mol. The van der Waals surface area contributed by atoms with E-state index in [2.05, 4.69) is 10.6 Å². The summed E-state index contributed by atoms with van der Waals surface area (Å²) in [5, 5.41) is 5.79. The second-order valence-corrected chi connectivity index (χ2v) is 3.66. The molecule has 0 aliphatic carbocycles. The molecule has 86 valence electrons. The van der Waals surface area contributed by atoms with Gasteiger partial charge < -0.3 is 10.6 Å². The molecule has 0 bridgehead atoms. The number of rotatable bonds is 4. The predicted octanol–water partition coefficient (Wildman–Crippen LogP) is 3.26. The zero-order valence-electron chi connectivity index (χ0n) is 8.54. The molecular weight excluding hydrogens is 247 g/mol. The lowest BCUT2D eigenvalue weighted by molar-refractivity contribution is 0.253. The second kappa shape index (κ2) is 7.14. The number of para-hydroxylation sites is 1. The van der Waals surface area contributed by atoms with Crippen LogP contribution in [-0.2, 0) is 0 Å². The van der Waals surface area contributed by atoms with Crippen LogP contribution in [0.2, 0.25) is 5.02 Å². The number of carbonyl (C=O) groups is 1. The van der Waals surface area contributed by atoms with Crippen molar-refractivity contribution in [2.45, 2.75) is 0 Å². The van der Waals surface area contributed by atoms with Crippen molar-refractivity contribution in [2.75, 3.05) is 17.7 Å². The Morgan fingerprint density at radius 3 is 2.75 bits per heavy atom. The summed E-state index contributed by atoms with van der Waals surface area (Å²) >= 11 is 11.3. The van der Waals surface area contributed by atoms with Crippen molar-refractivity contribution < 1.29 is 4.79 Å². The Bertz CT molecular complexity index is 380. The van der Waals surface area contributed by atoms with Gasteiger partial charge in [0.15, 0.2) is 0 Å². The first kappa shape index (κ1) is 12.9. The number of carbonyl (C=O) groups excluding carboxylic acids is 1.